The molecule has 0 unspecified atom stereocenters. The molecule has 1 aromatic carbocycles. The monoisotopic (exact) mass is 460 g/mol. The number of carbonyl (C=O) groups is 2. The first-order valence-electron chi connectivity index (χ1n) is 12.1. The van der Waals surface area contributed by atoms with Crippen molar-refractivity contribution in [3.63, 3.8) is 0 Å². The summed E-state index contributed by atoms with van der Waals surface area (Å²) in [6, 6.07) is 10.0. The molecule has 2 aliphatic heterocycles. The zero-order chi connectivity index (χ0) is 23.2. The lowest BCUT2D eigenvalue weighted by atomic mass is 9.96. The van der Waals surface area contributed by atoms with Gasteiger partial charge in [-0.15, -0.1) is 0 Å². The van der Waals surface area contributed by atoms with Crippen LogP contribution in [0.15, 0.2) is 30.3 Å². The summed E-state index contributed by atoms with van der Waals surface area (Å²) in [5.74, 6) is -0.0948. The van der Waals surface area contributed by atoms with E-state index in [0.29, 0.717) is 13.1 Å². The highest BCUT2D eigenvalue weighted by molar-refractivity contribution is 5.77. The van der Waals surface area contributed by atoms with E-state index in [4.69, 9.17) is 4.74 Å². The van der Waals surface area contributed by atoms with E-state index in [9.17, 15) is 19.8 Å². The molecule has 182 valence electrons. The van der Waals surface area contributed by atoms with Crippen molar-refractivity contribution >= 4 is 17.6 Å². The fourth-order valence-electron chi connectivity index (χ4n) is 4.99. The van der Waals surface area contributed by atoms with Crippen molar-refractivity contribution in [3.8, 4) is 0 Å². The number of para-hydroxylation sites is 1. The standard InChI is InChI=1S/C24H36N4O5/c29-21(28-13-11-27(12-14-28)18-9-5-2-6-10-18)15-19-22(30)23(31)20(33-19)16-25-24(32)26-17-7-3-1-4-8-17/h2,5-6,9-10,17,19-20,22-23,30-31H,1,3-4,7-8,11-16H2,(H2,25,26,32)/t19-,20+,22-,23+/m0/s1. The number of hydrogen-bond acceptors (Lipinski definition) is 6. The number of nitrogens with zero attached hydrogens (tertiary/aromatic N) is 2. The molecule has 1 aliphatic carbocycles. The predicted octanol–water partition coefficient (Wildman–Crippen LogP) is 0.846. The average molecular weight is 461 g/mol. The number of aliphatic hydroxyl groups is 2. The number of piperazine rings is 1. The van der Waals surface area contributed by atoms with Gasteiger partial charge < -0.3 is 35.4 Å². The number of benzene rings is 1. The van der Waals surface area contributed by atoms with Crippen LogP contribution in [0.25, 0.3) is 0 Å². The maximum atomic E-state index is 12.8. The molecule has 3 fully saturated rings. The number of ether oxygens (including phenoxy) is 1. The lowest BCUT2D eigenvalue weighted by Gasteiger charge is -2.36. The second kappa shape index (κ2) is 11.2. The maximum Gasteiger partial charge on any atom is 0.315 e. The number of nitrogens with one attached hydrogen (secondary N) is 2. The highest BCUT2D eigenvalue weighted by Crippen LogP contribution is 2.25. The van der Waals surface area contributed by atoms with E-state index in [-0.39, 0.29) is 30.9 Å². The Balaban J connectivity index is 1.20. The number of aliphatic hydroxyl groups excluding tert-OH is 2. The average Bonchev–Trinajstić information content (AvgIpc) is 3.12. The van der Waals surface area contributed by atoms with Gasteiger partial charge in [0.15, 0.2) is 0 Å². The molecule has 2 saturated heterocycles. The Bertz CT molecular complexity index is 780. The molecule has 0 aromatic heterocycles. The molecule has 1 saturated carbocycles. The Kier molecular flexibility index (Phi) is 8.06. The first-order chi connectivity index (χ1) is 16.0. The molecule has 3 amide bonds. The highest BCUT2D eigenvalue weighted by atomic mass is 16.5. The summed E-state index contributed by atoms with van der Waals surface area (Å²) in [7, 11) is 0. The fourth-order valence-corrected chi connectivity index (χ4v) is 4.99. The molecule has 4 rings (SSSR count). The van der Waals surface area contributed by atoms with Crippen molar-refractivity contribution in [1.29, 1.82) is 0 Å². The molecule has 9 heteroatoms. The van der Waals surface area contributed by atoms with Crippen LogP contribution in [0.1, 0.15) is 38.5 Å². The van der Waals surface area contributed by atoms with Gasteiger partial charge in [-0.2, -0.15) is 0 Å². The van der Waals surface area contributed by atoms with Crippen LogP contribution >= 0.6 is 0 Å². The van der Waals surface area contributed by atoms with Crippen molar-refractivity contribution in [3.05, 3.63) is 30.3 Å². The summed E-state index contributed by atoms with van der Waals surface area (Å²) in [5, 5.41) is 26.5. The first-order valence-corrected chi connectivity index (χ1v) is 12.1. The van der Waals surface area contributed by atoms with Gasteiger partial charge in [-0.3, -0.25) is 4.79 Å². The van der Waals surface area contributed by atoms with E-state index in [1.807, 2.05) is 18.2 Å². The van der Waals surface area contributed by atoms with Crippen LogP contribution in [0.2, 0.25) is 0 Å². The number of urea groups is 1. The van der Waals surface area contributed by atoms with Gasteiger partial charge in [0.1, 0.15) is 18.3 Å². The summed E-state index contributed by atoms with van der Waals surface area (Å²) in [6.45, 7) is 2.78. The van der Waals surface area contributed by atoms with Gasteiger partial charge in [0, 0.05) is 44.5 Å². The Morgan fingerprint density at radius 3 is 2.30 bits per heavy atom. The Hall–Kier alpha value is -2.36. The SMILES string of the molecule is O=C(NC[C@H]1O[C@@H](CC(=O)N2CCN(c3ccccc3)CC2)[C@H](O)[C@@H]1O)NC1CCCCC1. The zero-order valence-corrected chi connectivity index (χ0v) is 19.1. The first kappa shape index (κ1) is 23.8. The number of anilines is 1. The lowest BCUT2D eigenvalue weighted by molar-refractivity contribution is -0.135. The van der Waals surface area contributed by atoms with Gasteiger partial charge in [-0.1, -0.05) is 37.5 Å². The van der Waals surface area contributed by atoms with Crippen LogP contribution in [0.4, 0.5) is 10.5 Å². The Morgan fingerprint density at radius 1 is 0.939 bits per heavy atom. The minimum Gasteiger partial charge on any atom is -0.388 e. The topological polar surface area (TPSA) is 114 Å². The van der Waals surface area contributed by atoms with Gasteiger partial charge >= 0.3 is 6.03 Å². The molecule has 1 aromatic rings. The van der Waals surface area contributed by atoms with Crippen LogP contribution < -0.4 is 15.5 Å². The van der Waals surface area contributed by atoms with Crippen molar-refractivity contribution in [2.24, 2.45) is 0 Å². The molecule has 3 aliphatic rings. The number of hydrogen-bond donors (Lipinski definition) is 4. The summed E-state index contributed by atoms with van der Waals surface area (Å²) in [4.78, 5) is 29.0. The summed E-state index contributed by atoms with van der Waals surface area (Å²) in [5.41, 5.74) is 1.14. The van der Waals surface area contributed by atoms with Crippen molar-refractivity contribution in [1.82, 2.24) is 15.5 Å². The van der Waals surface area contributed by atoms with Gasteiger partial charge in [0.05, 0.1) is 12.5 Å². The largest absolute Gasteiger partial charge is 0.388 e. The lowest BCUT2D eigenvalue weighted by Crippen LogP contribution is -2.49. The van der Waals surface area contributed by atoms with Crippen molar-refractivity contribution < 1.29 is 24.5 Å². The van der Waals surface area contributed by atoms with E-state index in [2.05, 4.69) is 27.7 Å². The summed E-state index contributed by atoms with van der Waals surface area (Å²) < 4.78 is 5.78. The van der Waals surface area contributed by atoms with Crippen LogP contribution in [-0.4, -0.2) is 90.2 Å². The molecule has 0 spiro atoms. The summed E-state index contributed by atoms with van der Waals surface area (Å²) in [6.07, 6.45) is 1.60. The van der Waals surface area contributed by atoms with E-state index in [0.717, 1.165) is 44.5 Å². The minimum absolute atomic E-state index is 0.00827. The third kappa shape index (κ3) is 6.16. The third-order valence-electron chi connectivity index (χ3n) is 7.00. The molecule has 4 atom stereocenters. The van der Waals surface area contributed by atoms with E-state index < -0.39 is 24.4 Å². The smallest absolute Gasteiger partial charge is 0.315 e. The van der Waals surface area contributed by atoms with Gasteiger partial charge in [0.25, 0.3) is 0 Å². The van der Waals surface area contributed by atoms with Crippen LogP contribution in [0, 0.1) is 0 Å². The maximum absolute atomic E-state index is 12.8. The number of rotatable bonds is 6. The number of carbonyl (C=O) groups excluding carboxylic acids is 2. The minimum atomic E-state index is -1.16. The fraction of sp³-hybridized carbons (Fsp3) is 0.667. The second-order valence-corrected chi connectivity index (χ2v) is 9.29. The van der Waals surface area contributed by atoms with Gasteiger partial charge in [0.2, 0.25) is 5.91 Å². The van der Waals surface area contributed by atoms with E-state index in [1.165, 1.54) is 6.42 Å². The molecule has 4 N–H and O–H groups in total. The van der Waals surface area contributed by atoms with Gasteiger partial charge in [-0.25, -0.2) is 4.79 Å². The quantitative estimate of drug-likeness (QED) is 0.500. The molecule has 33 heavy (non-hydrogen) atoms. The molecule has 0 bridgehead atoms. The van der Waals surface area contributed by atoms with Crippen molar-refractivity contribution in [2.75, 3.05) is 37.6 Å². The van der Waals surface area contributed by atoms with Crippen LogP contribution in [-0.2, 0) is 9.53 Å². The van der Waals surface area contributed by atoms with E-state index in [1.54, 1.807) is 4.90 Å². The highest BCUT2D eigenvalue weighted by Gasteiger charge is 2.44. The number of amides is 3. The van der Waals surface area contributed by atoms with Crippen LogP contribution in [0.5, 0.6) is 0 Å². The predicted molar refractivity (Wildman–Crippen MR) is 124 cm³/mol. The molecular weight excluding hydrogens is 424 g/mol. The molecule has 2 heterocycles. The third-order valence-corrected chi connectivity index (χ3v) is 7.00. The molecule has 0 radical (unpaired) electrons. The molecule has 9 nitrogen and oxygen atoms in total. The van der Waals surface area contributed by atoms with Crippen LogP contribution in [0.3, 0.4) is 0 Å². The Morgan fingerprint density at radius 2 is 1.61 bits per heavy atom. The van der Waals surface area contributed by atoms with Crippen molar-refractivity contribution in [2.45, 2.75) is 69.0 Å². The zero-order valence-electron chi connectivity index (χ0n) is 19.1. The Labute approximate surface area is 195 Å². The van der Waals surface area contributed by atoms with E-state index >= 15 is 0 Å². The second-order valence-electron chi connectivity index (χ2n) is 9.29. The summed E-state index contributed by atoms with van der Waals surface area (Å²) >= 11 is 0. The normalized spacial score (nSPS) is 28.5. The molecular formula is C24H36N4O5. The van der Waals surface area contributed by atoms with Gasteiger partial charge in [-0.05, 0) is 25.0 Å².